The maximum Gasteiger partial charge on any atom is 0.303 e. The Hall–Kier alpha value is -1.99. The van der Waals surface area contributed by atoms with Crippen molar-refractivity contribution in [2.24, 2.45) is 5.92 Å². The quantitative estimate of drug-likeness (QED) is 0.441. The van der Waals surface area contributed by atoms with E-state index >= 15 is 0 Å². The monoisotopic (exact) mass is 409 g/mol. The van der Waals surface area contributed by atoms with Crippen LogP contribution in [0, 0.1) is 11.7 Å². The maximum atomic E-state index is 13.2. The predicted octanol–water partition coefficient (Wildman–Crippen LogP) is 4.48. The lowest BCUT2D eigenvalue weighted by atomic mass is 9.83. The summed E-state index contributed by atoms with van der Waals surface area (Å²) in [5.74, 6) is -0.974. The molecule has 154 valence electrons. The number of rotatable bonds is 10. The Balaban J connectivity index is 1.89. The van der Waals surface area contributed by atoms with Gasteiger partial charge in [-0.25, -0.2) is 17.5 Å². The van der Waals surface area contributed by atoms with Crippen molar-refractivity contribution in [2.75, 3.05) is 0 Å². The van der Waals surface area contributed by atoms with Crippen LogP contribution in [0.1, 0.15) is 56.9 Å². The van der Waals surface area contributed by atoms with Crippen LogP contribution in [0.3, 0.4) is 0 Å². The van der Waals surface area contributed by atoms with Crippen LogP contribution in [0.15, 0.2) is 41.8 Å². The first-order chi connectivity index (χ1) is 13.4. The van der Waals surface area contributed by atoms with Gasteiger partial charge in [0, 0.05) is 17.9 Å². The summed E-state index contributed by atoms with van der Waals surface area (Å²) in [5.41, 5.74) is 0.495. The molecule has 0 bridgehead atoms. The Kier molecular flexibility index (Phi) is 8.86. The van der Waals surface area contributed by atoms with E-state index < -0.39 is 21.8 Å². The molecule has 0 saturated heterocycles. The molecule has 2 N–H and O–H groups in total. The lowest BCUT2D eigenvalue weighted by Crippen LogP contribution is -2.41. The number of halogens is 1. The minimum absolute atomic E-state index is 0.125. The van der Waals surface area contributed by atoms with Crippen LogP contribution in [0.2, 0.25) is 0 Å². The Bertz CT molecular complexity index is 804. The summed E-state index contributed by atoms with van der Waals surface area (Å²) in [5, 5.41) is 9.73. The molecule has 28 heavy (non-hydrogen) atoms. The van der Waals surface area contributed by atoms with Crippen LogP contribution in [-0.2, 0) is 14.8 Å². The van der Waals surface area contributed by atoms with Crippen molar-refractivity contribution in [3.05, 3.63) is 53.2 Å². The van der Waals surface area contributed by atoms with Gasteiger partial charge in [-0.2, -0.15) is 0 Å². The van der Waals surface area contributed by atoms with E-state index in [1.54, 1.807) is 6.07 Å². The van der Waals surface area contributed by atoms with Gasteiger partial charge in [0.1, 0.15) is 5.82 Å². The second kappa shape index (κ2) is 11.1. The van der Waals surface area contributed by atoms with E-state index in [4.69, 9.17) is 5.11 Å². The van der Waals surface area contributed by atoms with Gasteiger partial charge in [-0.15, -0.1) is 0 Å². The zero-order chi connectivity index (χ0) is 20.4. The molecule has 0 aromatic heterocycles. The van der Waals surface area contributed by atoms with E-state index in [9.17, 15) is 17.6 Å². The van der Waals surface area contributed by atoms with Crippen molar-refractivity contribution >= 4 is 22.1 Å². The van der Waals surface area contributed by atoms with E-state index in [-0.39, 0.29) is 18.4 Å². The molecule has 1 aromatic carbocycles. The smallest absolute Gasteiger partial charge is 0.303 e. The first-order valence-corrected chi connectivity index (χ1v) is 11.2. The summed E-state index contributed by atoms with van der Waals surface area (Å²) >= 11 is 0. The molecular formula is C21H28FNO4S. The van der Waals surface area contributed by atoms with Crippen LogP contribution < -0.4 is 4.72 Å². The van der Waals surface area contributed by atoms with Gasteiger partial charge in [0.15, 0.2) is 0 Å². The molecule has 2 unspecified atom stereocenters. The molecule has 1 aliphatic carbocycles. The highest BCUT2D eigenvalue weighted by molar-refractivity contribution is 7.92. The fraction of sp³-hybridized carbons (Fsp3) is 0.476. The largest absolute Gasteiger partial charge is 0.481 e. The summed E-state index contributed by atoms with van der Waals surface area (Å²) in [6, 6.07) is 5.65. The molecule has 0 aliphatic heterocycles. The average Bonchev–Trinajstić information content (AvgIpc) is 2.64. The van der Waals surface area contributed by atoms with Crippen LogP contribution >= 0.6 is 0 Å². The molecular weight excluding hydrogens is 381 g/mol. The zero-order valence-corrected chi connectivity index (χ0v) is 16.7. The minimum Gasteiger partial charge on any atom is -0.481 e. The van der Waals surface area contributed by atoms with Crippen molar-refractivity contribution < 1.29 is 22.7 Å². The number of benzene rings is 1. The standard InChI is InChI=1S/C21H28FNO4S/c22-19-11-7-8-17(16-19)14-15-28(26,27)23-20-12-6-5-10-18(20)9-3-1-2-4-13-21(24)25/h1,3,7-8,11,14-16,18,20,23H,2,4-6,9-10,12-13H2,(H,24,25). The normalized spacial score (nSPS) is 20.8. The number of unbranched alkanes of at least 4 members (excludes halogenated alkanes) is 1. The first kappa shape index (κ1) is 22.3. The van der Waals surface area contributed by atoms with Crippen LogP contribution in [0.5, 0.6) is 0 Å². The predicted molar refractivity (Wildman–Crippen MR) is 108 cm³/mol. The topological polar surface area (TPSA) is 83.5 Å². The Labute approximate surface area is 166 Å². The number of carbonyl (C=O) groups is 1. The van der Waals surface area contributed by atoms with E-state index in [1.165, 1.54) is 24.3 Å². The molecule has 1 aromatic rings. The number of aliphatic carboxylic acids is 1. The average molecular weight is 410 g/mol. The maximum absolute atomic E-state index is 13.2. The van der Waals surface area contributed by atoms with Crippen molar-refractivity contribution in [1.82, 2.24) is 4.72 Å². The van der Waals surface area contributed by atoms with Crippen molar-refractivity contribution in [2.45, 2.75) is 57.4 Å². The summed E-state index contributed by atoms with van der Waals surface area (Å²) in [6.45, 7) is 0. The lowest BCUT2D eigenvalue weighted by molar-refractivity contribution is -0.137. The highest BCUT2D eigenvalue weighted by atomic mass is 32.2. The fourth-order valence-corrected chi connectivity index (χ4v) is 4.58. The van der Waals surface area contributed by atoms with Gasteiger partial charge in [0.25, 0.3) is 0 Å². The zero-order valence-electron chi connectivity index (χ0n) is 15.9. The molecule has 1 saturated carbocycles. The van der Waals surface area contributed by atoms with Crippen molar-refractivity contribution in [3.63, 3.8) is 0 Å². The molecule has 0 spiro atoms. The van der Waals surface area contributed by atoms with Gasteiger partial charge >= 0.3 is 5.97 Å². The lowest BCUT2D eigenvalue weighted by Gasteiger charge is -2.31. The highest BCUT2D eigenvalue weighted by Gasteiger charge is 2.27. The molecule has 0 heterocycles. The second-order valence-electron chi connectivity index (χ2n) is 7.16. The molecule has 0 amide bonds. The number of hydrogen-bond donors (Lipinski definition) is 2. The third-order valence-electron chi connectivity index (χ3n) is 4.88. The number of carboxylic acid groups (broad SMARTS) is 1. The minimum atomic E-state index is -3.62. The summed E-state index contributed by atoms with van der Waals surface area (Å²) in [4.78, 5) is 10.5. The Morgan fingerprint density at radius 2 is 2.04 bits per heavy atom. The Morgan fingerprint density at radius 1 is 1.25 bits per heavy atom. The van der Waals surface area contributed by atoms with E-state index in [2.05, 4.69) is 4.72 Å². The van der Waals surface area contributed by atoms with Crippen molar-refractivity contribution in [3.8, 4) is 0 Å². The summed E-state index contributed by atoms with van der Waals surface area (Å²) < 4.78 is 40.8. The Morgan fingerprint density at radius 3 is 2.79 bits per heavy atom. The number of nitrogens with one attached hydrogen (secondary N) is 1. The molecule has 2 rings (SSSR count). The number of sulfonamides is 1. The SMILES string of the molecule is O=C(O)CCCC=CCC1CCCCC1NS(=O)(=O)C=Cc1cccc(F)c1. The van der Waals surface area contributed by atoms with Crippen LogP contribution in [0.4, 0.5) is 4.39 Å². The van der Waals surface area contributed by atoms with E-state index in [0.717, 1.165) is 37.5 Å². The number of carboxylic acids is 1. The van der Waals surface area contributed by atoms with Gasteiger partial charge in [0.05, 0.1) is 0 Å². The fourth-order valence-electron chi connectivity index (χ4n) is 3.43. The van der Waals surface area contributed by atoms with Gasteiger partial charge in [-0.1, -0.05) is 37.1 Å². The summed E-state index contributed by atoms with van der Waals surface area (Å²) in [7, 11) is -3.62. The van der Waals surface area contributed by atoms with Gasteiger partial charge < -0.3 is 5.11 Å². The van der Waals surface area contributed by atoms with E-state index in [1.807, 2.05) is 12.2 Å². The third kappa shape index (κ3) is 8.35. The first-order valence-electron chi connectivity index (χ1n) is 9.68. The number of hydrogen-bond acceptors (Lipinski definition) is 3. The summed E-state index contributed by atoms with van der Waals surface area (Å²) in [6.07, 6.45) is 11.5. The van der Waals surface area contributed by atoms with Crippen LogP contribution in [0.25, 0.3) is 6.08 Å². The second-order valence-corrected chi connectivity index (χ2v) is 8.76. The highest BCUT2D eigenvalue weighted by Crippen LogP contribution is 2.28. The van der Waals surface area contributed by atoms with Crippen LogP contribution in [-0.4, -0.2) is 25.5 Å². The van der Waals surface area contributed by atoms with Gasteiger partial charge in [-0.05, 0) is 61.8 Å². The molecule has 0 radical (unpaired) electrons. The third-order valence-corrected chi connectivity index (χ3v) is 6.01. The molecule has 1 aliphatic rings. The molecule has 7 heteroatoms. The molecule has 5 nitrogen and oxygen atoms in total. The van der Waals surface area contributed by atoms with Crippen molar-refractivity contribution in [1.29, 1.82) is 0 Å². The molecule has 2 atom stereocenters. The number of allylic oxidation sites excluding steroid dienone is 2. The molecule has 1 fully saturated rings. The van der Waals surface area contributed by atoms with Gasteiger partial charge in [0.2, 0.25) is 10.0 Å². The van der Waals surface area contributed by atoms with Gasteiger partial charge in [-0.3, -0.25) is 4.79 Å². The van der Waals surface area contributed by atoms with E-state index in [0.29, 0.717) is 18.4 Å².